The molecule has 0 heterocycles. The number of hydrogen-bond acceptors (Lipinski definition) is 2. The van der Waals surface area contributed by atoms with Crippen LogP contribution in [-0.2, 0) is 6.54 Å². The van der Waals surface area contributed by atoms with Crippen molar-refractivity contribution in [2.75, 3.05) is 5.32 Å². The lowest BCUT2D eigenvalue weighted by molar-refractivity contribution is 0.100. The minimum atomic E-state index is -0.569. The first kappa shape index (κ1) is 15.0. The van der Waals surface area contributed by atoms with Crippen LogP contribution >= 0.6 is 0 Å². The molecule has 0 unspecified atom stereocenters. The summed E-state index contributed by atoms with van der Waals surface area (Å²) in [6.07, 6.45) is 0. The smallest absolute Gasteiger partial charge is 0.248 e. The van der Waals surface area contributed by atoms with Gasteiger partial charge in [0.2, 0.25) is 5.91 Å². The van der Waals surface area contributed by atoms with E-state index in [1.54, 1.807) is 0 Å². The standard InChI is InChI=1S/C17H19FN2O/c1-10-6-11(2)14(12(3)7-10)9-20-16-8-13(17(19)21)4-5-15(16)18/h4-8,20H,9H2,1-3H3,(H2,19,21). The predicted octanol–water partition coefficient (Wildman–Crippen LogP) is 3.46. The number of carbonyl (C=O) groups excluding carboxylic acids is 1. The lowest BCUT2D eigenvalue weighted by Gasteiger charge is -2.14. The molecule has 0 aliphatic heterocycles. The van der Waals surface area contributed by atoms with E-state index < -0.39 is 11.7 Å². The topological polar surface area (TPSA) is 55.1 Å². The van der Waals surface area contributed by atoms with E-state index >= 15 is 0 Å². The van der Waals surface area contributed by atoms with Crippen LogP contribution in [0.15, 0.2) is 30.3 Å². The number of nitrogens with two attached hydrogens (primary N) is 1. The number of anilines is 1. The van der Waals surface area contributed by atoms with Crippen molar-refractivity contribution in [3.63, 3.8) is 0 Å². The zero-order valence-electron chi connectivity index (χ0n) is 12.5. The highest BCUT2D eigenvalue weighted by atomic mass is 19.1. The lowest BCUT2D eigenvalue weighted by atomic mass is 10.00. The monoisotopic (exact) mass is 286 g/mol. The number of primary amides is 1. The Labute approximate surface area is 124 Å². The molecule has 2 rings (SSSR count). The summed E-state index contributed by atoms with van der Waals surface area (Å²) >= 11 is 0. The third kappa shape index (κ3) is 3.40. The van der Waals surface area contributed by atoms with Crippen molar-refractivity contribution in [3.8, 4) is 0 Å². The van der Waals surface area contributed by atoms with Gasteiger partial charge in [-0.05, 0) is 55.7 Å². The number of aryl methyl sites for hydroxylation is 3. The summed E-state index contributed by atoms with van der Waals surface area (Å²) in [5.41, 5.74) is 10.4. The Morgan fingerprint density at radius 1 is 1.14 bits per heavy atom. The summed E-state index contributed by atoms with van der Waals surface area (Å²) in [4.78, 5) is 11.2. The van der Waals surface area contributed by atoms with Gasteiger partial charge in [0.05, 0.1) is 5.69 Å². The molecule has 0 fully saturated rings. The quantitative estimate of drug-likeness (QED) is 0.904. The minimum absolute atomic E-state index is 0.283. The summed E-state index contributed by atoms with van der Waals surface area (Å²) in [5.74, 6) is -0.969. The molecule has 110 valence electrons. The Morgan fingerprint density at radius 2 is 1.76 bits per heavy atom. The Bertz CT molecular complexity index is 672. The fourth-order valence-corrected chi connectivity index (χ4v) is 2.49. The van der Waals surface area contributed by atoms with E-state index in [0.717, 1.165) is 16.7 Å². The highest BCUT2D eigenvalue weighted by molar-refractivity contribution is 5.93. The molecule has 0 aromatic heterocycles. The number of amides is 1. The van der Waals surface area contributed by atoms with Crippen LogP contribution in [0.25, 0.3) is 0 Å². The maximum atomic E-state index is 13.8. The number of halogens is 1. The largest absolute Gasteiger partial charge is 0.379 e. The molecule has 0 spiro atoms. The average Bonchev–Trinajstić information content (AvgIpc) is 2.39. The molecule has 21 heavy (non-hydrogen) atoms. The van der Waals surface area contributed by atoms with Crippen molar-refractivity contribution in [2.24, 2.45) is 5.73 Å². The van der Waals surface area contributed by atoms with E-state index in [0.29, 0.717) is 6.54 Å². The van der Waals surface area contributed by atoms with E-state index in [1.165, 1.54) is 23.8 Å². The maximum absolute atomic E-state index is 13.8. The van der Waals surface area contributed by atoms with Gasteiger partial charge in [-0.3, -0.25) is 4.79 Å². The second kappa shape index (κ2) is 5.95. The van der Waals surface area contributed by atoms with Gasteiger partial charge in [0, 0.05) is 12.1 Å². The second-order valence-corrected chi connectivity index (χ2v) is 5.29. The van der Waals surface area contributed by atoms with E-state index in [1.807, 2.05) is 20.8 Å². The van der Waals surface area contributed by atoms with Crippen molar-refractivity contribution in [1.82, 2.24) is 0 Å². The molecule has 0 saturated carbocycles. The molecule has 4 heteroatoms. The SMILES string of the molecule is Cc1cc(C)c(CNc2cc(C(N)=O)ccc2F)c(C)c1. The number of nitrogens with one attached hydrogen (secondary N) is 1. The Morgan fingerprint density at radius 3 is 2.33 bits per heavy atom. The summed E-state index contributed by atoms with van der Waals surface area (Å²) in [6, 6.07) is 8.26. The van der Waals surface area contributed by atoms with Crippen LogP contribution < -0.4 is 11.1 Å². The number of hydrogen-bond donors (Lipinski definition) is 2. The highest BCUT2D eigenvalue weighted by Gasteiger charge is 2.09. The summed E-state index contributed by atoms with van der Waals surface area (Å²) in [5, 5.41) is 3.04. The first-order valence-corrected chi connectivity index (χ1v) is 6.78. The van der Waals surface area contributed by atoms with Gasteiger partial charge in [-0.1, -0.05) is 17.7 Å². The third-order valence-corrected chi connectivity index (χ3v) is 3.55. The van der Waals surface area contributed by atoms with Crippen LogP contribution in [0.3, 0.4) is 0 Å². The summed E-state index contributed by atoms with van der Waals surface area (Å²) in [7, 11) is 0. The second-order valence-electron chi connectivity index (χ2n) is 5.29. The molecule has 0 radical (unpaired) electrons. The van der Waals surface area contributed by atoms with Crippen molar-refractivity contribution in [1.29, 1.82) is 0 Å². The van der Waals surface area contributed by atoms with Crippen molar-refractivity contribution < 1.29 is 9.18 Å². The van der Waals surface area contributed by atoms with Gasteiger partial charge in [-0.15, -0.1) is 0 Å². The minimum Gasteiger partial charge on any atom is -0.379 e. The fraction of sp³-hybridized carbons (Fsp3) is 0.235. The zero-order chi connectivity index (χ0) is 15.6. The maximum Gasteiger partial charge on any atom is 0.248 e. The Kier molecular flexibility index (Phi) is 4.26. The number of carbonyl (C=O) groups is 1. The van der Waals surface area contributed by atoms with Gasteiger partial charge < -0.3 is 11.1 Å². The van der Waals surface area contributed by atoms with E-state index in [2.05, 4.69) is 17.4 Å². The lowest BCUT2D eigenvalue weighted by Crippen LogP contribution is -2.12. The highest BCUT2D eigenvalue weighted by Crippen LogP contribution is 2.20. The van der Waals surface area contributed by atoms with Crippen molar-refractivity contribution in [2.45, 2.75) is 27.3 Å². The van der Waals surface area contributed by atoms with E-state index in [4.69, 9.17) is 5.73 Å². The van der Waals surface area contributed by atoms with Crippen LogP contribution in [0.5, 0.6) is 0 Å². The normalized spacial score (nSPS) is 10.5. The number of benzene rings is 2. The summed E-state index contributed by atoms with van der Waals surface area (Å²) < 4.78 is 13.8. The molecule has 1 amide bonds. The molecular formula is C17H19FN2O. The van der Waals surface area contributed by atoms with Crippen LogP contribution in [0, 0.1) is 26.6 Å². The van der Waals surface area contributed by atoms with Crippen molar-refractivity contribution >= 4 is 11.6 Å². The molecule has 0 bridgehead atoms. The number of rotatable bonds is 4. The Balaban J connectivity index is 2.24. The van der Waals surface area contributed by atoms with Gasteiger partial charge >= 0.3 is 0 Å². The van der Waals surface area contributed by atoms with Gasteiger partial charge in [-0.2, -0.15) is 0 Å². The molecule has 3 N–H and O–H groups in total. The van der Waals surface area contributed by atoms with Gasteiger partial charge in [0.1, 0.15) is 5.82 Å². The molecular weight excluding hydrogens is 267 g/mol. The van der Waals surface area contributed by atoms with Gasteiger partial charge in [0.15, 0.2) is 0 Å². The van der Waals surface area contributed by atoms with E-state index in [9.17, 15) is 9.18 Å². The van der Waals surface area contributed by atoms with Crippen LogP contribution in [0.2, 0.25) is 0 Å². The Hall–Kier alpha value is -2.36. The molecule has 2 aromatic carbocycles. The first-order valence-electron chi connectivity index (χ1n) is 6.78. The third-order valence-electron chi connectivity index (χ3n) is 3.55. The average molecular weight is 286 g/mol. The van der Waals surface area contributed by atoms with Gasteiger partial charge in [-0.25, -0.2) is 4.39 Å². The first-order chi connectivity index (χ1) is 9.88. The fourth-order valence-electron chi connectivity index (χ4n) is 2.49. The van der Waals surface area contributed by atoms with Crippen molar-refractivity contribution in [3.05, 3.63) is 64.0 Å². The summed E-state index contributed by atoms with van der Waals surface area (Å²) in [6.45, 7) is 6.62. The predicted molar refractivity (Wildman–Crippen MR) is 82.9 cm³/mol. The molecule has 3 nitrogen and oxygen atoms in total. The molecule has 0 atom stereocenters. The van der Waals surface area contributed by atoms with Crippen LogP contribution in [0.4, 0.5) is 10.1 Å². The molecule has 0 aliphatic rings. The van der Waals surface area contributed by atoms with Crippen LogP contribution in [0.1, 0.15) is 32.6 Å². The van der Waals surface area contributed by atoms with Gasteiger partial charge in [0.25, 0.3) is 0 Å². The van der Waals surface area contributed by atoms with E-state index in [-0.39, 0.29) is 11.3 Å². The zero-order valence-corrected chi connectivity index (χ0v) is 12.5. The molecule has 2 aromatic rings. The molecule has 0 aliphatic carbocycles. The van der Waals surface area contributed by atoms with Crippen LogP contribution in [-0.4, -0.2) is 5.91 Å². The molecule has 0 saturated heterocycles.